The summed E-state index contributed by atoms with van der Waals surface area (Å²) in [6.45, 7) is 8.14. The van der Waals surface area contributed by atoms with Gasteiger partial charge in [-0.15, -0.1) is 12.4 Å². The smallest absolute Gasteiger partial charge is 0.254 e. The molecule has 10 nitrogen and oxygen atoms in total. The van der Waals surface area contributed by atoms with Gasteiger partial charge in [0.15, 0.2) is 0 Å². The molecule has 11 heteroatoms. The van der Waals surface area contributed by atoms with Crippen LogP contribution in [-0.2, 0) is 14.3 Å². The highest BCUT2D eigenvalue weighted by molar-refractivity contribution is 6.00. The number of amides is 3. The summed E-state index contributed by atoms with van der Waals surface area (Å²) in [4.78, 5) is 46.2. The zero-order valence-electron chi connectivity index (χ0n) is 26.9. The lowest BCUT2D eigenvalue weighted by Gasteiger charge is -2.52. The molecule has 1 aromatic rings. The number of hydrogen-bond acceptors (Lipinski definition) is 7. The largest absolute Gasteiger partial charge is 0.494 e. The number of nitrogens with one attached hydrogen (secondary N) is 1. The molecule has 0 bridgehead atoms. The predicted octanol–water partition coefficient (Wildman–Crippen LogP) is 3.64. The molecule has 5 rings (SSSR count). The highest BCUT2D eigenvalue weighted by atomic mass is 35.5. The van der Waals surface area contributed by atoms with Crippen molar-refractivity contribution in [3.63, 3.8) is 0 Å². The zero-order valence-corrected chi connectivity index (χ0v) is 27.7. The number of ether oxygens (including phenoxy) is 2. The van der Waals surface area contributed by atoms with Crippen LogP contribution in [0.3, 0.4) is 0 Å². The van der Waals surface area contributed by atoms with Gasteiger partial charge in [-0.05, 0) is 81.7 Å². The number of carbonyl (C=O) groups excluding carboxylic acids is 3. The Kier molecular flexibility index (Phi) is 13.4. The molecule has 1 saturated carbocycles. The third-order valence-electron chi connectivity index (χ3n) is 10.2. The van der Waals surface area contributed by atoms with Crippen molar-refractivity contribution >= 4 is 30.1 Å². The molecule has 252 valence electrons. The Hall–Kier alpha value is -2.40. The molecular weight excluding hydrogens is 596 g/mol. The van der Waals surface area contributed by atoms with E-state index in [9.17, 15) is 19.5 Å². The molecule has 45 heavy (non-hydrogen) atoms. The van der Waals surface area contributed by atoms with Crippen molar-refractivity contribution in [3.8, 4) is 5.75 Å². The Labute approximate surface area is 274 Å². The topological polar surface area (TPSA) is 112 Å². The highest BCUT2D eigenvalue weighted by Gasteiger charge is 2.55. The molecule has 1 aromatic carbocycles. The van der Waals surface area contributed by atoms with Crippen molar-refractivity contribution in [2.45, 2.75) is 95.2 Å². The van der Waals surface area contributed by atoms with Crippen LogP contribution in [0.5, 0.6) is 5.75 Å². The summed E-state index contributed by atoms with van der Waals surface area (Å²) in [6.07, 6.45) is 9.26. The lowest BCUT2D eigenvalue weighted by atomic mass is 9.78. The molecule has 4 fully saturated rings. The summed E-state index contributed by atoms with van der Waals surface area (Å²) >= 11 is 0. The Bertz CT molecular complexity index is 1100. The van der Waals surface area contributed by atoms with Gasteiger partial charge in [0.2, 0.25) is 11.8 Å². The molecular formula is C34H53ClN4O6. The summed E-state index contributed by atoms with van der Waals surface area (Å²) in [5, 5.41) is 14.2. The molecule has 0 radical (unpaired) electrons. The summed E-state index contributed by atoms with van der Waals surface area (Å²) < 4.78 is 11.3. The number of benzene rings is 1. The van der Waals surface area contributed by atoms with E-state index < -0.39 is 17.7 Å². The van der Waals surface area contributed by atoms with Gasteiger partial charge < -0.3 is 34.6 Å². The van der Waals surface area contributed by atoms with Crippen molar-refractivity contribution in [1.82, 2.24) is 20.0 Å². The van der Waals surface area contributed by atoms with E-state index in [-0.39, 0.29) is 36.0 Å². The third-order valence-corrected chi connectivity index (χ3v) is 10.2. The van der Waals surface area contributed by atoms with Crippen LogP contribution >= 0.6 is 12.4 Å². The number of aliphatic hydroxyl groups excluding tert-OH is 1. The number of unbranched alkanes of at least 4 members (excludes halogenated alkanes) is 2. The van der Waals surface area contributed by atoms with Gasteiger partial charge in [-0.2, -0.15) is 0 Å². The molecule has 2 atom stereocenters. The van der Waals surface area contributed by atoms with Gasteiger partial charge in [-0.1, -0.05) is 32.6 Å². The summed E-state index contributed by atoms with van der Waals surface area (Å²) in [5.41, 5.74) is -0.149. The van der Waals surface area contributed by atoms with Crippen LogP contribution in [0.4, 0.5) is 0 Å². The van der Waals surface area contributed by atoms with E-state index in [4.69, 9.17) is 9.47 Å². The first-order valence-corrected chi connectivity index (χ1v) is 17.1. The SMILES string of the molecule is CCCCN1C(=O)[C@@H]([C@H](O)C2CCCCC2)NC(=O)C12CCN(CCCCOc1ccc(C(=O)N3CCOCC3)cc1)CC2.Cl. The number of aliphatic hydroxyl groups is 1. The molecule has 2 N–H and O–H groups in total. The van der Waals surface area contributed by atoms with Gasteiger partial charge >= 0.3 is 0 Å². The molecule has 3 aliphatic heterocycles. The monoisotopic (exact) mass is 648 g/mol. The Morgan fingerprint density at radius 1 is 1.00 bits per heavy atom. The van der Waals surface area contributed by atoms with E-state index in [1.54, 1.807) is 0 Å². The van der Waals surface area contributed by atoms with Crippen LogP contribution in [0.25, 0.3) is 0 Å². The minimum absolute atomic E-state index is 0. The van der Waals surface area contributed by atoms with Crippen molar-refractivity contribution < 1.29 is 29.0 Å². The lowest BCUT2D eigenvalue weighted by Crippen LogP contribution is -2.75. The maximum absolute atomic E-state index is 13.8. The maximum atomic E-state index is 13.8. The number of halogens is 1. The molecule has 3 heterocycles. The fourth-order valence-electron chi connectivity index (χ4n) is 7.37. The standard InChI is InChI=1S/C34H52N4O6.ClH/c1-2-3-18-38-32(41)29(30(39)26-9-5-4-6-10-26)35-33(42)34(38)15-19-36(20-16-34)17-7-8-23-44-28-13-11-27(12-14-28)31(40)37-21-24-43-25-22-37;/h11-14,26,29-30,39H,2-10,15-25H2,1H3,(H,35,42);1H/t29-,30-;/m1./s1. The second kappa shape index (κ2) is 17.0. The van der Waals surface area contributed by atoms with Crippen molar-refractivity contribution in [1.29, 1.82) is 0 Å². The average Bonchev–Trinajstić information content (AvgIpc) is 3.07. The van der Waals surface area contributed by atoms with Gasteiger partial charge in [-0.25, -0.2) is 0 Å². The minimum Gasteiger partial charge on any atom is -0.494 e. The number of hydrogen-bond donors (Lipinski definition) is 2. The first-order chi connectivity index (χ1) is 21.4. The first-order valence-electron chi connectivity index (χ1n) is 17.1. The van der Waals surface area contributed by atoms with Gasteiger partial charge in [0.1, 0.15) is 17.3 Å². The number of carbonyl (C=O) groups is 3. The van der Waals surface area contributed by atoms with Crippen LogP contribution < -0.4 is 10.1 Å². The number of piperazine rings is 1. The molecule has 0 unspecified atom stereocenters. The molecule has 3 amide bonds. The van der Waals surface area contributed by atoms with Gasteiger partial charge in [-0.3, -0.25) is 14.4 Å². The zero-order chi connectivity index (χ0) is 30.9. The fourth-order valence-corrected chi connectivity index (χ4v) is 7.37. The normalized spacial score (nSPS) is 23.4. The lowest BCUT2D eigenvalue weighted by molar-refractivity contribution is -0.165. The number of likely N-dealkylation sites (tertiary alicyclic amines) is 1. The summed E-state index contributed by atoms with van der Waals surface area (Å²) in [6, 6.07) is 6.54. The molecule has 0 aromatic heterocycles. The van der Waals surface area contributed by atoms with Crippen molar-refractivity contribution in [2.24, 2.45) is 5.92 Å². The van der Waals surface area contributed by atoms with E-state index in [1.807, 2.05) is 34.1 Å². The van der Waals surface area contributed by atoms with Crippen LogP contribution in [0.2, 0.25) is 0 Å². The molecule has 4 aliphatic rings. The predicted molar refractivity (Wildman–Crippen MR) is 175 cm³/mol. The Morgan fingerprint density at radius 2 is 1.69 bits per heavy atom. The Balaban J connectivity index is 0.00000461. The number of morpholine rings is 1. The van der Waals surface area contributed by atoms with Gasteiger partial charge in [0, 0.05) is 38.3 Å². The second-order valence-electron chi connectivity index (χ2n) is 13.0. The highest BCUT2D eigenvalue weighted by Crippen LogP contribution is 2.36. The third kappa shape index (κ3) is 8.50. The van der Waals surface area contributed by atoms with E-state index in [1.165, 1.54) is 6.42 Å². The Morgan fingerprint density at radius 3 is 2.36 bits per heavy atom. The van der Waals surface area contributed by atoms with E-state index in [0.29, 0.717) is 57.9 Å². The van der Waals surface area contributed by atoms with Crippen molar-refractivity contribution in [3.05, 3.63) is 29.8 Å². The first kappa shape index (κ1) is 35.5. The number of nitrogens with zero attached hydrogens (tertiary/aromatic N) is 3. The minimum atomic E-state index is -0.826. The van der Waals surface area contributed by atoms with E-state index in [0.717, 1.165) is 76.8 Å². The fraction of sp³-hybridized carbons (Fsp3) is 0.735. The van der Waals surface area contributed by atoms with Gasteiger partial charge in [0.25, 0.3) is 5.91 Å². The van der Waals surface area contributed by atoms with Crippen LogP contribution in [0.1, 0.15) is 87.9 Å². The number of piperidine rings is 1. The van der Waals surface area contributed by atoms with E-state index in [2.05, 4.69) is 17.1 Å². The number of rotatable bonds is 12. The maximum Gasteiger partial charge on any atom is 0.254 e. The van der Waals surface area contributed by atoms with Crippen LogP contribution in [-0.4, -0.2) is 114 Å². The summed E-state index contributed by atoms with van der Waals surface area (Å²) in [7, 11) is 0. The molecule has 1 spiro atoms. The average molecular weight is 649 g/mol. The van der Waals surface area contributed by atoms with Gasteiger partial charge in [0.05, 0.1) is 25.9 Å². The molecule has 1 aliphatic carbocycles. The summed E-state index contributed by atoms with van der Waals surface area (Å²) in [5.74, 6) is 0.688. The van der Waals surface area contributed by atoms with Crippen molar-refractivity contribution in [2.75, 3.05) is 59.1 Å². The van der Waals surface area contributed by atoms with Crippen LogP contribution in [0, 0.1) is 5.92 Å². The second-order valence-corrected chi connectivity index (χ2v) is 13.0. The van der Waals surface area contributed by atoms with E-state index >= 15 is 0 Å². The molecule has 3 saturated heterocycles. The quantitative estimate of drug-likeness (QED) is 0.333. The van der Waals surface area contributed by atoms with Crippen LogP contribution in [0.15, 0.2) is 24.3 Å².